The minimum absolute atomic E-state index is 0.0360. The predicted octanol–water partition coefficient (Wildman–Crippen LogP) is 2.54. The Hall–Kier alpha value is -3.06. The van der Waals surface area contributed by atoms with Gasteiger partial charge in [-0.1, -0.05) is 18.2 Å². The predicted molar refractivity (Wildman–Crippen MR) is 102 cm³/mol. The first-order valence-electron chi connectivity index (χ1n) is 8.97. The van der Waals surface area contributed by atoms with Crippen molar-refractivity contribution in [3.63, 3.8) is 0 Å². The number of hydroxylamine groups is 1. The molecule has 1 amide bonds. The van der Waals surface area contributed by atoms with Crippen molar-refractivity contribution in [1.82, 2.24) is 19.9 Å². The molecule has 0 saturated carbocycles. The Kier molecular flexibility index (Phi) is 4.68. The number of rotatable bonds is 2. The summed E-state index contributed by atoms with van der Waals surface area (Å²) >= 11 is 0. The third-order valence-electron chi connectivity index (χ3n) is 4.53. The van der Waals surface area contributed by atoms with E-state index in [1.54, 1.807) is 16.2 Å². The largest absolute Gasteiger partial charge is 0.334 e. The van der Waals surface area contributed by atoms with Crippen molar-refractivity contribution in [3.05, 3.63) is 59.5 Å². The van der Waals surface area contributed by atoms with Gasteiger partial charge in [-0.25, -0.2) is 15.0 Å². The van der Waals surface area contributed by atoms with Crippen LogP contribution in [-0.2, 0) is 4.84 Å². The maximum Gasteiger partial charge on any atom is 0.256 e. The molecule has 0 spiro atoms. The minimum atomic E-state index is -0.0360. The summed E-state index contributed by atoms with van der Waals surface area (Å²) in [6.07, 6.45) is 1.71. The molecule has 0 radical (unpaired) electrons. The van der Waals surface area contributed by atoms with Crippen molar-refractivity contribution < 1.29 is 9.63 Å². The molecule has 1 fully saturated rings. The molecular formula is C20H21N5O2. The van der Waals surface area contributed by atoms with Crippen molar-refractivity contribution in [2.75, 3.05) is 31.3 Å². The van der Waals surface area contributed by atoms with Gasteiger partial charge in [0.25, 0.3) is 5.91 Å². The van der Waals surface area contributed by atoms with Gasteiger partial charge in [-0.3, -0.25) is 14.6 Å². The van der Waals surface area contributed by atoms with Gasteiger partial charge in [0, 0.05) is 36.1 Å². The summed E-state index contributed by atoms with van der Waals surface area (Å²) in [5.74, 6) is 0.500. The lowest BCUT2D eigenvalue weighted by molar-refractivity contribution is 0.0731. The maximum atomic E-state index is 13.1. The summed E-state index contributed by atoms with van der Waals surface area (Å²) in [6.45, 7) is 5.79. The lowest BCUT2D eigenvalue weighted by atomic mass is 10.1. The first-order chi connectivity index (χ1) is 13.1. The Morgan fingerprint density at radius 3 is 2.63 bits per heavy atom. The molecule has 0 unspecified atom stereocenters. The van der Waals surface area contributed by atoms with Crippen LogP contribution in [0.2, 0.25) is 0 Å². The molecular weight excluding hydrogens is 342 g/mol. The fraction of sp³-hybridized carbons (Fsp3) is 0.300. The smallest absolute Gasteiger partial charge is 0.256 e. The Balaban J connectivity index is 1.55. The van der Waals surface area contributed by atoms with E-state index in [-0.39, 0.29) is 5.91 Å². The van der Waals surface area contributed by atoms with Crippen LogP contribution in [0.25, 0.3) is 10.9 Å². The summed E-state index contributed by atoms with van der Waals surface area (Å²) in [5.41, 5.74) is 3.12. The second-order valence-corrected chi connectivity index (χ2v) is 6.56. The van der Waals surface area contributed by atoms with Gasteiger partial charge in [0.05, 0.1) is 24.2 Å². The van der Waals surface area contributed by atoms with Gasteiger partial charge >= 0.3 is 0 Å². The maximum absolute atomic E-state index is 13.1. The van der Waals surface area contributed by atoms with E-state index in [4.69, 9.17) is 4.84 Å². The Morgan fingerprint density at radius 2 is 1.81 bits per heavy atom. The van der Waals surface area contributed by atoms with E-state index in [1.807, 2.05) is 50.2 Å². The number of fused-ring (bicyclic) bond motifs is 1. The SMILES string of the molecule is Cc1cc(C)nc(N2CCN(C(=O)c3cccc4cccnc34)CCO2)n1. The summed E-state index contributed by atoms with van der Waals surface area (Å²) in [7, 11) is 0. The fourth-order valence-corrected chi connectivity index (χ4v) is 3.28. The molecule has 1 saturated heterocycles. The highest BCUT2D eigenvalue weighted by atomic mass is 16.7. The van der Waals surface area contributed by atoms with E-state index in [9.17, 15) is 4.79 Å². The Bertz CT molecular complexity index is 966. The second kappa shape index (κ2) is 7.28. The number of carbonyl (C=O) groups is 1. The monoisotopic (exact) mass is 363 g/mol. The number of benzene rings is 1. The summed E-state index contributed by atoms with van der Waals surface area (Å²) in [4.78, 5) is 34.0. The highest BCUT2D eigenvalue weighted by Crippen LogP contribution is 2.19. The average Bonchev–Trinajstić information content (AvgIpc) is 2.92. The molecule has 3 aromatic rings. The number of anilines is 1. The summed E-state index contributed by atoms with van der Waals surface area (Å²) in [6, 6.07) is 11.4. The quantitative estimate of drug-likeness (QED) is 0.697. The van der Waals surface area contributed by atoms with Gasteiger partial charge in [0.1, 0.15) is 0 Å². The molecule has 0 N–H and O–H groups in total. The first-order valence-corrected chi connectivity index (χ1v) is 8.97. The Labute approximate surface area is 157 Å². The third kappa shape index (κ3) is 3.59. The van der Waals surface area contributed by atoms with Crippen LogP contribution in [0.1, 0.15) is 21.7 Å². The zero-order chi connectivity index (χ0) is 18.8. The zero-order valence-corrected chi connectivity index (χ0v) is 15.4. The van der Waals surface area contributed by atoms with Crippen molar-refractivity contribution in [1.29, 1.82) is 0 Å². The molecule has 1 aromatic carbocycles. The van der Waals surface area contributed by atoms with Crippen LogP contribution < -0.4 is 5.06 Å². The molecule has 2 aromatic heterocycles. The van der Waals surface area contributed by atoms with Gasteiger partial charge in [-0.05, 0) is 32.0 Å². The standard InChI is InChI=1S/C20H21N5O2/c1-14-13-15(2)23-20(22-14)25-10-9-24(11-12-27-25)19(26)17-7-3-5-16-6-4-8-21-18(16)17/h3-8,13H,9-12H2,1-2H3. The molecule has 1 aliphatic rings. The molecule has 0 aliphatic carbocycles. The normalized spacial score (nSPS) is 15.0. The average molecular weight is 363 g/mol. The van der Waals surface area contributed by atoms with E-state index >= 15 is 0 Å². The zero-order valence-electron chi connectivity index (χ0n) is 15.4. The highest BCUT2D eigenvalue weighted by molar-refractivity contribution is 6.05. The summed E-state index contributed by atoms with van der Waals surface area (Å²) < 4.78 is 0. The lowest BCUT2D eigenvalue weighted by Gasteiger charge is -2.21. The highest BCUT2D eigenvalue weighted by Gasteiger charge is 2.24. The van der Waals surface area contributed by atoms with E-state index in [2.05, 4.69) is 15.0 Å². The summed E-state index contributed by atoms with van der Waals surface area (Å²) in [5, 5.41) is 2.63. The second-order valence-electron chi connectivity index (χ2n) is 6.56. The molecule has 138 valence electrons. The molecule has 27 heavy (non-hydrogen) atoms. The Morgan fingerprint density at radius 1 is 1.04 bits per heavy atom. The van der Waals surface area contributed by atoms with Crippen LogP contribution in [0, 0.1) is 13.8 Å². The number of para-hydroxylation sites is 1. The van der Waals surface area contributed by atoms with Gasteiger partial charge in [0.15, 0.2) is 0 Å². The van der Waals surface area contributed by atoms with Crippen molar-refractivity contribution in [2.45, 2.75) is 13.8 Å². The van der Waals surface area contributed by atoms with E-state index in [0.717, 1.165) is 22.3 Å². The molecule has 0 bridgehead atoms. The van der Waals surface area contributed by atoms with Crippen LogP contribution in [0.3, 0.4) is 0 Å². The van der Waals surface area contributed by atoms with Crippen LogP contribution in [-0.4, -0.2) is 52.0 Å². The van der Waals surface area contributed by atoms with E-state index in [1.165, 1.54) is 0 Å². The van der Waals surface area contributed by atoms with Crippen molar-refractivity contribution >= 4 is 22.8 Å². The van der Waals surface area contributed by atoms with Crippen molar-refractivity contribution in [3.8, 4) is 0 Å². The fourth-order valence-electron chi connectivity index (χ4n) is 3.28. The third-order valence-corrected chi connectivity index (χ3v) is 4.53. The lowest BCUT2D eigenvalue weighted by Crippen LogP contribution is -2.36. The number of nitrogens with zero attached hydrogens (tertiary/aromatic N) is 5. The number of amides is 1. The molecule has 1 aliphatic heterocycles. The molecule has 7 heteroatoms. The van der Waals surface area contributed by atoms with Gasteiger partial charge < -0.3 is 4.90 Å². The first kappa shape index (κ1) is 17.4. The van der Waals surface area contributed by atoms with E-state index < -0.39 is 0 Å². The van der Waals surface area contributed by atoms with Crippen LogP contribution >= 0.6 is 0 Å². The number of aryl methyl sites for hydroxylation is 2. The topological polar surface area (TPSA) is 71.5 Å². The number of pyridine rings is 1. The van der Waals surface area contributed by atoms with Gasteiger partial charge in [0.2, 0.25) is 5.95 Å². The van der Waals surface area contributed by atoms with E-state index in [0.29, 0.717) is 37.8 Å². The molecule has 0 atom stereocenters. The number of hydrogen-bond acceptors (Lipinski definition) is 6. The number of aromatic nitrogens is 3. The number of hydrogen-bond donors (Lipinski definition) is 0. The molecule has 4 rings (SSSR count). The van der Waals surface area contributed by atoms with Crippen molar-refractivity contribution in [2.24, 2.45) is 0 Å². The molecule has 3 heterocycles. The van der Waals surface area contributed by atoms with Gasteiger partial charge in [-0.15, -0.1) is 0 Å². The van der Waals surface area contributed by atoms with Crippen LogP contribution in [0.15, 0.2) is 42.6 Å². The number of carbonyl (C=O) groups excluding carboxylic acids is 1. The van der Waals surface area contributed by atoms with Gasteiger partial charge in [-0.2, -0.15) is 0 Å². The van der Waals surface area contributed by atoms with Crippen LogP contribution in [0.4, 0.5) is 5.95 Å². The minimum Gasteiger partial charge on any atom is -0.334 e. The van der Waals surface area contributed by atoms with Crippen LogP contribution in [0.5, 0.6) is 0 Å². The molecule has 7 nitrogen and oxygen atoms in total.